The van der Waals surface area contributed by atoms with E-state index in [0.29, 0.717) is 6.61 Å². The Morgan fingerprint density at radius 2 is 1.83 bits per heavy atom. The Morgan fingerprint density at radius 1 is 1.12 bits per heavy atom. The lowest BCUT2D eigenvalue weighted by Gasteiger charge is -2.14. The molecule has 2 aromatic carbocycles. The molecule has 0 spiro atoms. The molecular formula is C17H19NO5S. The van der Waals surface area contributed by atoms with Gasteiger partial charge in [0.25, 0.3) is 0 Å². The number of benzene rings is 2. The smallest absolute Gasteiger partial charge is 0.343 e. The van der Waals surface area contributed by atoms with Crippen LogP contribution in [0.4, 0.5) is 5.69 Å². The van der Waals surface area contributed by atoms with E-state index in [-0.39, 0.29) is 28.0 Å². The van der Waals surface area contributed by atoms with E-state index in [2.05, 4.69) is 5.32 Å². The van der Waals surface area contributed by atoms with Crippen molar-refractivity contribution in [2.24, 2.45) is 0 Å². The average molecular weight is 349 g/mol. The lowest BCUT2D eigenvalue weighted by molar-refractivity contribution is -0.114. The highest BCUT2D eigenvalue weighted by molar-refractivity contribution is 7.87. The molecule has 0 radical (unpaired) electrons. The monoisotopic (exact) mass is 349 g/mol. The summed E-state index contributed by atoms with van der Waals surface area (Å²) in [6.45, 7) is 5.20. The van der Waals surface area contributed by atoms with Gasteiger partial charge in [0.1, 0.15) is 10.6 Å². The van der Waals surface area contributed by atoms with Gasteiger partial charge in [-0.05, 0) is 43.7 Å². The van der Waals surface area contributed by atoms with E-state index in [1.165, 1.54) is 19.1 Å². The van der Waals surface area contributed by atoms with Crippen molar-refractivity contribution in [3.8, 4) is 11.5 Å². The van der Waals surface area contributed by atoms with Crippen LogP contribution >= 0.6 is 0 Å². The predicted molar refractivity (Wildman–Crippen MR) is 90.9 cm³/mol. The Hall–Kier alpha value is -2.54. The molecule has 0 aliphatic heterocycles. The Labute approximate surface area is 141 Å². The van der Waals surface area contributed by atoms with Crippen LogP contribution in [0.25, 0.3) is 0 Å². The predicted octanol–water partition coefficient (Wildman–Crippen LogP) is 3.12. The number of hydrogen-bond donors (Lipinski definition) is 1. The molecule has 1 N–H and O–H groups in total. The Balaban J connectivity index is 2.43. The molecule has 0 saturated carbocycles. The molecule has 7 heteroatoms. The highest BCUT2D eigenvalue weighted by Gasteiger charge is 2.23. The summed E-state index contributed by atoms with van der Waals surface area (Å²) in [6, 6.07) is 11.2. The maximum atomic E-state index is 12.7. The second kappa shape index (κ2) is 7.35. The average Bonchev–Trinajstić information content (AvgIpc) is 2.50. The first-order valence-electron chi connectivity index (χ1n) is 7.38. The molecule has 0 fully saturated rings. The van der Waals surface area contributed by atoms with Gasteiger partial charge in [-0.2, -0.15) is 8.42 Å². The van der Waals surface area contributed by atoms with Gasteiger partial charge in [0.05, 0.1) is 12.3 Å². The van der Waals surface area contributed by atoms with Crippen LogP contribution in [0.5, 0.6) is 11.5 Å². The number of ether oxygens (including phenoxy) is 1. The minimum absolute atomic E-state index is 0.0386. The van der Waals surface area contributed by atoms with Gasteiger partial charge in [0.15, 0.2) is 5.75 Å². The fourth-order valence-electron chi connectivity index (χ4n) is 2.08. The number of anilines is 1. The third-order valence-electron chi connectivity index (χ3n) is 3.07. The molecule has 128 valence electrons. The number of carbonyl (C=O) groups is 1. The number of amides is 1. The molecule has 2 aromatic rings. The standard InChI is InChI=1S/C17H19NO5S/c1-4-22-16-10-9-12(2)11-17(16)24(20,21)23-15-8-6-5-7-14(15)18-13(3)19/h5-11H,4H2,1-3H3,(H,18,19). The van der Waals surface area contributed by atoms with Gasteiger partial charge in [-0.3, -0.25) is 4.79 Å². The van der Waals surface area contributed by atoms with Crippen LogP contribution in [-0.4, -0.2) is 20.9 Å². The van der Waals surface area contributed by atoms with E-state index in [9.17, 15) is 13.2 Å². The second-order valence-electron chi connectivity index (χ2n) is 5.10. The number of carbonyl (C=O) groups excluding carboxylic acids is 1. The van der Waals surface area contributed by atoms with Crippen LogP contribution in [0.15, 0.2) is 47.4 Å². The molecule has 0 aromatic heterocycles. The van der Waals surface area contributed by atoms with E-state index in [4.69, 9.17) is 8.92 Å². The first-order valence-corrected chi connectivity index (χ1v) is 8.79. The van der Waals surface area contributed by atoms with E-state index < -0.39 is 10.1 Å². The summed E-state index contributed by atoms with van der Waals surface area (Å²) in [7, 11) is -4.12. The van der Waals surface area contributed by atoms with Gasteiger partial charge in [-0.1, -0.05) is 18.2 Å². The van der Waals surface area contributed by atoms with Crippen LogP contribution in [0.2, 0.25) is 0 Å². The zero-order valence-electron chi connectivity index (χ0n) is 13.7. The number of aryl methyl sites for hydroxylation is 1. The lowest BCUT2D eigenvalue weighted by atomic mass is 10.2. The summed E-state index contributed by atoms with van der Waals surface area (Å²) in [5.41, 5.74) is 1.04. The molecule has 24 heavy (non-hydrogen) atoms. The normalized spacial score (nSPS) is 11.0. The largest absolute Gasteiger partial charge is 0.492 e. The van der Waals surface area contributed by atoms with E-state index in [1.54, 1.807) is 44.2 Å². The third-order valence-corrected chi connectivity index (χ3v) is 4.32. The Morgan fingerprint density at radius 3 is 2.50 bits per heavy atom. The van der Waals surface area contributed by atoms with Gasteiger partial charge < -0.3 is 14.2 Å². The van der Waals surface area contributed by atoms with Crippen molar-refractivity contribution in [3.05, 3.63) is 48.0 Å². The topological polar surface area (TPSA) is 81.7 Å². The molecule has 6 nitrogen and oxygen atoms in total. The first kappa shape index (κ1) is 17.8. The molecule has 0 heterocycles. The maximum Gasteiger partial charge on any atom is 0.343 e. The molecule has 0 aliphatic rings. The van der Waals surface area contributed by atoms with Gasteiger partial charge in [0.2, 0.25) is 5.91 Å². The van der Waals surface area contributed by atoms with E-state index >= 15 is 0 Å². The van der Waals surface area contributed by atoms with Gasteiger partial charge in [-0.25, -0.2) is 0 Å². The molecule has 2 rings (SSSR count). The van der Waals surface area contributed by atoms with Crippen molar-refractivity contribution in [1.29, 1.82) is 0 Å². The maximum absolute atomic E-state index is 12.7. The fourth-order valence-corrected chi connectivity index (χ4v) is 3.26. The van der Waals surface area contributed by atoms with Crippen LogP contribution < -0.4 is 14.2 Å². The van der Waals surface area contributed by atoms with Crippen molar-refractivity contribution in [2.45, 2.75) is 25.7 Å². The second-order valence-corrected chi connectivity index (χ2v) is 6.61. The first-order chi connectivity index (χ1) is 11.3. The minimum atomic E-state index is -4.12. The number of nitrogens with one attached hydrogen (secondary N) is 1. The molecular weight excluding hydrogens is 330 g/mol. The van der Waals surface area contributed by atoms with Gasteiger partial charge >= 0.3 is 10.1 Å². The molecule has 0 aliphatic carbocycles. The van der Waals surface area contributed by atoms with Crippen LogP contribution in [0.1, 0.15) is 19.4 Å². The zero-order valence-corrected chi connectivity index (χ0v) is 14.5. The Kier molecular flexibility index (Phi) is 5.46. The molecule has 1 amide bonds. The molecule has 0 bridgehead atoms. The summed E-state index contributed by atoms with van der Waals surface area (Å²) < 4.78 is 36.0. The van der Waals surface area contributed by atoms with Crippen molar-refractivity contribution in [3.63, 3.8) is 0 Å². The summed E-state index contributed by atoms with van der Waals surface area (Å²) in [5, 5.41) is 2.54. The quantitative estimate of drug-likeness (QED) is 0.810. The van der Waals surface area contributed by atoms with E-state index in [0.717, 1.165) is 5.56 Å². The van der Waals surface area contributed by atoms with Crippen LogP contribution in [-0.2, 0) is 14.9 Å². The summed E-state index contributed by atoms with van der Waals surface area (Å²) in [6.07, 6.45) is 0. The highest BCUT2D eigenvalue weighted by atomic mass is 32.2. The summed E-state index contributed by atoms with van der Waals surface area (Å²) >= 11 is 0. The number of hydrogen-bond acceptors (Lipinski definition) is 5. The van der Waals surface area contributed by atoms with Crippen molar-refractivity contribution >= 4 is 21.7 Å². The van der Waals surface area contributed by atoms with Crippen molar-refractivity contribution in [1.82, 2.24) is 0 Å². The Bertz CT molecular complexity index is 846. The minimum Gasteiger partial charge on any atom is -0.492 e. The lowest BCUT2D eigenvalue weighted by Crippen LogP contribution is -2.14. The van der Waals surface area contributed by atoms with Crippen molar-refractivity contribution < 1.29 is 22.1 Å². The zero-order chi connectivity index (χ0) is 17.7. The van der Waals surface area contributed by atoms with Gasteiger partial charge in [-0.15, -0.1) is 0 Å². The fraction of sp³-hybridized carbons (Fsp3) is 0.235. The SMILES string of the molecule is CCOc1ccc(C)cc1S(=O)(=O)Oc1ccccc1NC(C)=O. The summed E-state index contributed by atoms with van der Waals surface area (Å²) in [4.78, 5) is 11.2. The highest BCUT2D eigenvalue weighted by Crippen LogP contribution is 2.31. The van der Waals surface area contributed by atoms with E-state index in [1.807, 2.05) is 0 Å². The summed E-state index contributed by atoms with van der Waals surface area (Å²) in [5.74, 6) is -0.0641. The number of rotatable bonds is 6. The molecule has 0 unspecified atom stereocenters. The molecule has 0 saturated heterocycles. The van der Waals surface area contributed by atoms with Gasteiger partial charge in [0, 0.05) is 6.92 Å². The van der Waals surface area contributed by atoms with Crippen LogP contribution in [0.3, 0.4) is 0 Å². The van der Waals surface area contributed by atoms with Crippen LogP contribution in [0, 0.1) is 6.92 Å². The third kappa shape index (κ3) is 4.26. The van der Waals surface area contributed by atoms with Crippen molar-refractivity contribution in [2.75, 3.05) is 11.9 Å². The molecule has 0 atom stereocenters. The number of para-hydroxylation sites is 2.